The third-order valence-corrected chi connectivity index (χ3v) is 4.05. The first-order valence-electron chi connectivity index (χ1n) is 7.10. The summed E-state index contributed by atoms with van der Waals surface area (Å²) in [5, 5.41) is 0. The molecule has 2 unspecified atom stereocenters. The minimum Gasteiger partial charge on any atom is -0.466 e. The van der Waals surface area contributed by atoms with Gasteiger partial charge < -0.3 is 4.74 Å². The topological polar surface area (TPSA) is 26.3 Å². The van der Waals surface area contributed by atoms with Crippen molar-refractivity contribution < 1.29 is 9.53 Å². The van der Waals surface area contributed by atoms with Crippen LogP contribution < -0.4 is 0 Å². The summed E-state index contributed by atoms with van der Waals surface area (Å²) in [6.45, 7) is 9.38. The van der Waals surface area contributed by atoms with E-state index < -0.39 is 0 Å². The van der Waals surface area contributed by atoms with Crippen LogP contribution in [0.5, 0.6) is 0 Å². The van der Waals surface area contributed by atoms with E-state index in [0.717, 1.165) is 12.3 Å². The lowest BCUT2D eigenvalue weighted by molar-refractivity contribution is -0.143. The van der Waals surface area contributed by atoms with Crippen LogP contribution in [-0.2, 0) is 9.53 Å². The Bertz CT molecular complexity index is 240. The molecule has 0 radical (unpaired) electrons. The molecule has 1 saturated carbocycles. The van der Waals surface area contributed by atoms with Gasteiger partial charge >= 0.3 is 5.97 Å². The van der Waals surface area contributed by atoms with Gasteiger partial charge in [0.25, 0.3) is 0 Å². The van der Waals surface area contributed by atoms with E-state index in [2.05, 4.69) is 20.8 Å². The molecule has 17 heavy (non-hydrogen) atoms. The third kappa shape index (κ3) is 4.69. The molecule has 1 aliphatic rings. The summed E-state index contributed by atoms with van der Waals surface area (Å²) in [5.41, 5.74) is 0.375. The highest BCUT2D eigenvalue weighted by Crippen LogP contribution is 2.43. The van der Waals surface area contributed by atoms with Crippen LogP contribution >= 0.6 is 0 Å². The Balaban J connectivity index is 2.46. The fourth-order valence-corrected chi connectivity index (χ4v) is 3.23. The molecule has 0 aliphatic heterocycles. The summed E-state index contributed by atoms with van der Waals surface area (Å²) in [5.74, 6) is 1.46. The van der Waals surface area contributed by atoms with Gasteiger partial charge in [0, 0.05) is 6.42 Å². The Labute approximate surface area is 106 Å². The molecule has 1 rings (SSSR count). The number of carbonyl (C=O) groups is 1. The molecule has 2 nitrogen and oxygen atoms in total. The van der Waals surface area contributed by atoms with Crippen molar-refractivity contribution in [2.75, 3.05) is 6.61 Å². The van der Waals surface area contributed by atoms with E-state index in [1.165, 1.54) is 25.7 Å². The Hall–Kier alpha value is -0.530. The second-order valence-corrected chi connectivity index (χ2v) is 6.36. The van der Waals surface area contributed by atoms with Crippen molar-refractivity contribution in [1.29, 1.82) is 0 Å². The monoisotopic (exact) mass is 240 g/mol. The molecule has 0 aromatic heterocycles. The number of esters is 1. The zero-order chi connectivity index (χ0) is 12.9. The van der Waals surface area contributed by atoms with Crippen LogP contribution in [0.15, 0.2) is 0 Å². The first-order valence-corrected chi connectivity index (χ1v) is 7.10. The molecule has 0 aromatic rings. The van der Waals surface area contributed by atoms with Gasteiger partial charge in [0.1, 0.15) is 0 Å². The van der Waals surface area contributed by atoms with Gasteiger partial charge in [-0.1, -0.05) is 40.0 Å². The number of hydrogen-bond donors (Lipinski definition) is 0. The SMILES string of the molecule is CCOC(=O)CCC1CCCCC1C(C)(C)C. The molecule has 0 spiro atoms. The van der Waals surface area contributed by atoms with Gasteiger partial charge in [-0.15, -0.1) is 0 Å². The van der Waals surface area contributed by atoms with Crippen molar-refractivity contribution in [3.8, 4) is 0 Å². The zero-order valence-corrected chi connectivity index (χ0v) is 11.9. The lowest BCUT2D eigenvalue weighted by atomic mass is 9.65. The summed E-state index contributed by atoms with van der Waals surface area (Å²) in [6.07, 6.45) is 6.93. The first-order chi connectivity index (χ1) is 7.95. The van der Waals surface area contributed by atoms with E-state index in [9.17, 15) is 4.79 Å². The minimum atomic E-state index is -0.0225. The van der Waals surface area contributed by atoms with E-state index in [1.54, 1.807) is 0 Å². The highest BCUT2D eigenvalue weighted by molar-refractivity contribution is 5.69. The maximum absolute atomic E-state index is 11.4. The van der Waals surface area contributed by atoms with Crippen molar-refractivity contribution in [1.82, 2.24) is 0 Å². The van der Waals surface area contributed by atoms with Gasteiger partial charge in [-0.3, -0.25) is 4.79 Å². The molecule has 0 N–H and O–H groups in total. The fraction of sp³-hybridized carbons (Fsp3) is 0.933. The van der Waals surface area contributed by atoms with Gasteiger partial charge in [-0.25, -0.2) is 0 Å². The van der Waals surface area contributed by atoms with Crippen molar-refractivity contribution in [2.45, 2.75) is 66.2 Å². The zero-order valence-electron chi connectivity index (χ0n) is 11.9. The summed E-state index contributed by atoms with van der Waals surface area (Å²) in [7, 11) is 0. The normalized spacial score (nSPS) is 25.6. The number of rotatable bonds is 4. The first kappa shape index (κ1) is 14.5. The molecule has 1 aliphatic carbocycles. The molecule has 0 saturated heterocycles. The molecule has 2 atom stereocenters. The van der Waals surface area contributed by atoms with Gasteiger partial charge in [0.2, 0.25) is 0 Å². The van der Waals surface area contributed by atoms with Crippen LogP contribution in [0.1, 0.15) is 66.2 Å². The second kappa shape index (κ2) is 6.42. The lowest BCUT2D eigenvalue weighted by Crippen LogP contribution is -2.31. The van der Waals surface area contributed by atoms with Gasteiger partial charge in [0.15, 0.2) is 0 Å². The summed E-state index contributed by atoms with van der Waals surface area (Å²) >= 11 is 0. The molecule has 1 fully saturated rings. The Morgan fingerprint density at radius 3 is 2.47 bits per heavy atom. The van der Waals surface area contributed by atoms with Crippen molar-refractivity contribution >= 4 is 5.97 Å². The van der Waals surface area contributed by atoms with E-state index >= 15 is 0 Å². The van der Waals surface area contributed by atoms with Crippen molar-refractivity contribution in [3.05, 3.63) is 0 Å². The number of ether oxygens (including phenoxy) is 1. The molecule has 0 bridgehead atoms. The summed E-state index contributed by atoms with van der Waals surface area (Å²) < 4.78 is 5.01. The molecular weight excluding hydrogens is 212 g/mol. The Morgan fingerprint density at radius 1 is 1.24 bits per heavy atom. The molecule has 0 amide bonds. The summed E-state index contributed by atoms with van der Waals surface area (Å²) in [4.78, 5) is 11.4. The van der Waals surface area contributed by atoms with E-state index in [0.29, 0.717) is 24.4 Å². The number of hydrogen-bond acceptors (Lipinski definition) is 2. The van der Waals surface area contributed by atoms with E-state index in [-0.39, 0.29) is 5.97 Å². The quantitative estimate of drug-likeness (QED) is 0.689. The maximum atomic E-state index is 11.4. The maximum Gasteiger partial charge on any atom is 0.305 e. The van der Waals surface area contributed by atoms with Crippen LogP contribution in [-0.4, -0.2) is 12.6 Å². The molecule has 0 aromatic carbocycles. The smallest absolute Gasteiger partial charge is 0.305 e. The van der Waals surface area contributed by atoms with E-state index in [4.69, 9.17) is 4.74 Å². The van der Waals surface area contributed by atoms with Crippen LogP contribution in [0.3, 0.4) is 0 Å². The highest BCUT2D eigenvalue weighted by atomic mass is 16.5. The Morgan fingerprint density at radius 2 is 1.88 bits per heavy atom. The largest absolute Gasteiger partial charge is 0.466 e. The van der Waals surface area contributed by atoms with Gasteiger partial charge in [0.05, 0.1) is 6.61 Å². The Kier molecular flexibility index (Phi) is 5.48. The van der Waals surface area contributed by atoms with E-state index in [1.807, 2.05) is 6.92 Å². The van der Waals surface area contributed by atoms with Crippen molar-refractivity contribution in [3.63, 3.8) is 0 Å². The predicted octanol–water partition coefficient (Wildman–Crippen LogP) is 4.18. The van der Waals surface area contributed by atoms with Crippen LogP contribution in [0, 0.1) is 17.3 Å². The molecule has 2 heteroatoms. The van der Waals surface area contributed by atoms with Crippen molar-refractivity contribution in [2.24, 2.45) is 17.3 Å². The lowest BCUT2D eigenvalue weighted by Gasteiger charge is -2.40. The molecule has 100 valence electrons. The van der Waals surface area contributed by atoms with Crippen LogP contribution in [0.4, 0.5) is 0 Å². The van der Waals surface area contributed by atoms with Crippen LogP contribution in [0.25, 0.3) is 0 Å². The van der Waals surface area contributed by atoms with Gasteiger partial charge in [-0.05, 0) is 37.0 Å². The molecular formula is C15H28O2. The average Bonchev–Trinajstić information content (AvgIpc) is 2.26. The highest BCUT2D eigenvalue weighted by Gasteiger charge is 2.33. The number of carbonyl (C=O) groups excluding carboxylic acids is 1. The van der Waals surface area contributed by atoms with Gasteiger partial charge in [-0.2, -0.15) is 0 Å². The second-order valence-electron chi connectivity index (χ2n) is 6.36. The minimum absolute atomic E-state index is 0.0225. The predicted molar refractivity (Wildman–Crippen MR) is 70.8 cm³/mol. The summed E-state index contributed by atoms with van der Waals surface area (Å²) in [6, 6.07) is 0. The van der Waals surface area contributed by atoms with Crippen LogP contribution in [0.2, 0.25) is 0 Å². The third-order valence-electron chi connectivity index (χ3n) is 4.05. The fourth-order valence-electron chi connectivity index (χ4n) is 3.23. The average molecular weight is 240 g/mol. The standard InChI is InChI=1S/C15H28O2/c1-5-17-14(16)11-10-12-8-6-7-9-13(12)15(2,3)4/h12-13H,5-11H2,1-4H3. The molecule has 0 heterocycles.